The summed E-state index contributed by atoms with van der Waals surface area (Å²) in [6.45, 7) is 1.21. The maximum atomic E-state index is 12.1. The first-order chi connectivity index (χ1) is 10.5. The smallest absolute Gasteiger partial charge is 0.309 e. The average molecular weight is 340 g/mol. The van der Waals surface area contributed by atoms with E-state index in [2.05, 4.69) is 15.3 Å². The van der Waals surface area contributed by atoms with E-state index >= 15 is 0 Å². The number of carbonyl (C=O) groups excluding carboxylic acids is 2. The number of amidine groups is 1. The van der Waals surface area contributed by atoms with E-state index in [4.69, 9.17) is 5.11 Å². The van der Waals surface area contributed by atoms with Gasteiger partial charge in [-0.3, -0.25) is 24.3 Å². The molecule has 1 aromatic rings. The van der Waals surface area contributed by atoms with Gasteiger partial charge in [0.15, 0.2) is 10.3 Å². The summed E-state index contributed by atoms with van der Waals surface area (Å²) in [5, 5.41) is 13.5. The molecule has 0 aliphatic carbocycles. The molecule has 1 unspecified atom stereocenters. The van der Waals surface area contributed by atoms with Crippen molar-refractivity contribution in [2.24, 2.45) is 4.99 Å². The van der Waals surface area contributed by atoms with E-state index in [-0.39, 0.29) is 24.7 Å². The third-order valence-corrected chi connectivity index (χ3v) is 5.11. The van der Waals surface area contributed by atoms with Crippen molar-refractivity contribution in [2.45, 2.75) is 18.1 Å². The Labute approximate surface area is 133 Å². The molecule has 1 saturated heterocycles. The van der Waals surface area contributed by atoms with Crippen molar-refractivity contribution in [3.8, 4) is 0 Å². The van der Waals surface area contributed by atoms with E-state index in [0.717, 1.165) is 11.3 Å². The number of carbonyl (C=O) groups is 3. The van der Waals surface area contributed by atoms with E-state index in [1.807, 2.05) is 0 Å². The predicted molar refractivity (Wildman–Crippen MR) is 82.1 cm³/mol. The molecule has 2 N–H and O–H groups in total. The molecular weight excluding hydrogens is 328 g/mol. The minimum atomic E-state index is -0.975. The van der Waals surface area contributed by atoms with Crippen LogP contribution in [0.25, 0.3) is 0 Å². The molecule has 8 nitrogen and oxygen atoms in total. The highest BCUT2D eigenvalue weighted by atomic mass is 32.2. The summed E-state index contributed by atoms with van der Waals surface area (Å²) in [5.74, 6) is -1.37. The second-order valence-corrected chi connectivity index (χ2v) is 6.76. The topological polar surface area (TPSA) is 112 Å². The lowest BCUT2D eigenvalue weighted by molar-refractivity contribution is -0.136. The Morgan fingerprint density at radius 3 is 3.05 bits per heavy atom. The van der Waals surface area contributed by atoms with E-state index in [1.165, 1.54) is 11.8 Å². The lowest BCUT2D eigenvalue weighted by Crippen LogP contribution is -2.32. The van der Waals surface area contributed by atoms with Gasteiger partial charge in [0.2, 0.25) is 11.8 Å². The number of hydrogen-bond acceptors (Lipinski definition) is 7. The Hall–Kier alpha value is -1.94. The van der Waals surface area contributed by atoms with E-state index in [0.29, 0.717) is 29.1 Å². The highest BCUT2D eigenvalue weighted by Crippen LogP contribution is 2.31. The minimum Gasteiger partial charge on any atom is -0.481 e. The van der Waals surface area contributed by atoms with Crippen LogP contribution in [0.3, 0.4) is 0 Å². The Morgan fingerprint density at radius 1 is 1.50 bits per heavy atom. The van der Waals surface area contributed by atoms with Gasteiger partial charge in [-0.15, -0.1) is 11.3 Å². The summed E-state index contributed by atoms with van der Waals surface area (Å²) in [7, 11) is 0. The van der Waals surface area contributed by atoms with Gasteiger partial charge in [-0.25, -0.2) is 4.98 Å². The van der Waals surface area contributed by atoms with Crippen LogP contribution in [0, 0.1) is 0 Å². The molecule has 1 aromatic heterocycles. The van der Waals surface area contributed by atoms with Crippen molar-refractivity contribution < 1.29 is 19.5 Å². The quantitative estimate of drug-likeness (QED) is 0.803. The molecule has 116 valence electrons. The predicted octanol–water partition coefficient (Wildman–Crippen LogP) is 0.412. The van der Waals surface area contributed by atoms with Crippen molar-refractivity contribution in [1.82, 2.24) is 9.88 Å². The highest BCUT2D eigenvalue weighted by Gasteiger charge is 2.40. The zero-order valence-corrected chi connectivity index (χ0v) is 12.9. The van der Waals surface area contributed by atoms with Crippen molar-refractivity contribution in [3.05, 3.63) is 11.1 Å². The fourth-order valence-electron chi connectivity index (χ4n) is 2.15. The summed E-state index contributed by atoms with van der Waals surface area (Å²) in [6, 6.07) is 0. The number of thiazole rings is 1. The number of hydrogen-bond donors (Lipinski definition) is 2. The third-order valence-electron chi connectivity index (χ3n) is 3.09. The van der Waals surface area contributed by atoms with Crippen LogP contribution in [0.5, 0.6) is 0 Å². The number of nitrogens with zero attached hydrogens (tertiary/aromatic N) is 3. The first-order valence-electron chi connectivity index (χ1n) is 6.51. The van der Waals surface area contributed by atoms with Crippen LogP contribution in [0.4, 0.5) is 5.13 Å². The molecule has 0 aromatic carbocycles. The highest BCUT2D eigenvalue weighted by molar-refractivity contribution is 8.15. The molecule has 0 bridgehead atoms. The molecule has 0 radical (unpaired) electrons. The van der Waals surface area contributed by atoms with Crippen molar-refractivity contribution >= 4 is 51.2 Å². The molecule has 1 fully saturated rings. The molecule has 2 amide bonds. The standard InChI is InChI=1S/C12H12N4O4S2/c17-8(15-11-14-6(5-21-11)3-9(18)19)4-7-10(20)16-2-1-13-12(16)22-7/h5,7H,1-4H2,(H,18,19)(H,14,15,17). The van der Waals surface area contributed by atoms with E-state index in [1.54, 1.807) is 10.3 Å². The number of amides is 2. The first kappa shape index (κ1) is 15.0. The molecule has 1 atom stereocenters. The summed E-state index contributed by atoms with van der Waals surface area (Å²) in [5.41, 5.74) is 0.397. The molecule has 10 heteroatoms. The van der Waals surface area contributed by atoms with Gasteiger partial charge in [0, 0.05) is 18.3 Å². The number of aliphatic carboxylic acids is 1. The third kappa shape index (κ3) is 3.12. The Morgan fingerprint density at radius 2 is 2.32 bits per heavy atom. The Bertz CT molecular complexity index is 672. The molecule has 2 aliphatic rings. The lowest BCUT2D eigenvalue weighted by atomic mass is 10.2. The largest absolute Gasteiger partial charge is 0.481 e. The average Bonchev–Trinajstić information content (AvgIpc) is 3.11. The number of carboxylic acid groups (broad SMARTS) is 1. The molecule has 0 saturated carbocycles. The molecule has 2 aliphatic heterocycles. The van der Waals surface area contributed by atoms with Gasteiger partial charge in [0.25, 0.3) is 0 Å². The minimum absolute atomic E-state index is 0.0485. The Kier molecular flexibility index (Phi) is 4.12. The number of rotatable bonds is 5. The van der Waals surface area contributed by atoms with Gasteiger partial charge >= 0.3 is 5.97 Å². The summed E-state index contributed by atoms with van der Waals surface area (Å²) < 4.78 is 0. The van der Waals surface area contributed by atoms with Crippen LogP contribution in [-0.2, 0) is 20.8 Å². The van der Waals surface area contributed by atoms with Crippen LogP contribution in [0.15, 0.2) is 10.4 Å². The number of fused-ring (bicyclic) bond motifs is 1. The van der Waals surface area contributed by atoms with Gasteiger partial charge in [0.05, 0.1) is 18.7 Å². The zero-order valence-electron chi connectivity index (χ0n) is 11.3. The first-order valence-corrected chi connectivity index (χ1v) is 8.27. The molecule has 22 heavy (non-hydrogen) atoms. The monoisotopic (exact) mass is 340 g/mol. The number of nitrogens with one attached hydrogen (secondary N) is 1. The number of aliphatic imine (C=N–C) groups is 1. The van der Waals surface area contributed by atoms with E-state index in [9.17, 15) is 14.4 Å². The fourth-order valence-corrected chi connectivity index (χ4v) is 4.07. The lowest BCUT2D eigenvalue weighted by Gasteiger charge is -2.09. The molecule has 3 rings (SSSR count). The second kappa shape index (κ2) is 6.05. The number of carboxylic acids is 1. The normalized spacial score (nSPS) is 20.0. The number of anilines is 1. The fraction of sp³-hybridized carbons (Fsp3) is 0.417. The van der Waals surface area contributed by atoms with Crippen LogP contribution in [0.2, 0.25) is 0 Å². The van der Waals surface area contributed by atoms with Crippen molar-refractivity contribution in [3.63, 3.8) is 0 Å². The maximum Gasteiger partial charge on any atom is 0.309 e. The van der Waals surface area contributed by atoms with Gasteiger partial charge < -0.3 is 10.4 Å². The Balaban J connectivity index is 1.55. The van der Waals surface area contributed by atoms with Gasteiger partial charge in [-0.1, -0.05) is 11.8 Å². The van der Waals surface area contributed by atoms with Crippen molar-refractivity contribution in [1.29, 1.82) is 0 Å². The zero-order chi connectivity index (χ0) is 15.7. The molecular formula is C12H12N4O4S2. The summed E-state index contributed by atoms with van der Waals surface area (Å²) >= 11 is 2.48. The second-order valence-electron chi connectivity index (χ2n) is 4.73. The van der Waals surface area contributed by atoms with Crippen LogP contribution in [0.1, 0.15) is 12.1 Å². The molecule has 0 spiro atoms. The van der Waals surface area contributed by atoms with E-state index < -0.39 is 11.2 Å². The van der Waals surface area contributed by atoms with Crippen LogP contribution in [-0.4, -0.2) is 56.3 Å². The van der Waals surface area contributed by atoms with Gasteiger partial charge in [-0.05, 0) is 0 Å². The van der Waals surface area contributed by atoms with Gasteiger partial charge in [-0.2, -0.15) is 0 Å². The maximum absolute atomic E-state index is 12.1. The number of thioether (sulfide) groups is 1. The summed E-state index contributed by atoms with van der Waals surface area (Å²) in [6.07, 6.45) is -0.134. The molecule has 3 heterocycles. The number of aromatic nitrogens is 1. The SMILES string of the molecule is O=C(O)Cc1csc(NC(=O)CC2SC3=NCCN3C2=O)n1. The van der Waals surface area contributed by atoms with Gasteiger partial charge in [0.1, 0.15) is 5.25 Å². The van der Waals surface area contributed by atoms with Crippen LogP contribution >= 0.6 is 23.1 Å². The van der Waals surface area contributed by atoms with Crippen LogP contribution < -0.4 is 5.32 Å². The van der Waals surface area contributed by atoms with Crippen molar-refractivity contribution in [2.75, 3.05) is 18.4 Å². The summed E-state index contributed by atoms with van der Waals surface area (Å²) in [4.78, 5) is 44.5.